The third kappa shape index (κ3) is 9.73. The number of nitrogens with zero attached hydrogens (tertiary/aromatic N) is 4. The predicted molar refractivity (Wildman–Crippen MR) is 271 cm³/mol. The van der Waals surface area contributed by atoms with Crippen LogP contribution in [0.4, 0.5) is 0 Å². The van der Waals surface area contributed by atoms with Crippen LogP contribution in [0.5, 0.6) is 0 Å². The molecule has 1 fully saturated rings. The van der Waals surface area contributed by atoms with Crippen LogP contribution in [0.2, 0.25) is 17.3 Å². The number of aryl methyl sites for hydroxylation is 1. The Labute approximate surface area is 408 Å². The molecule has 0 aliphatic heterocycles. The molecule has 1 radical (unpaired) electrons. The second-order valence-electron chi connectivity index (χ2n) is 18.8. The monoisotopic (exact) mass is 1100 g/mol. The Balaban J connectivity index is 0.000000196. The number of imidazole rings is 1. The third-order valence-corrected chi connectivity index (χ3v) is 16.7. The summed E-state index contributed by atoms with van der Waals surface area (Å²) in [6.07, 6.45) is 7.50. The first-order valence-electron chi connectivity index (χ1n) is 25.3. The van der Waals surface area contributed by atoms with Gasteiger partial charge in [0.1, 0.15) is 0 Å². The average molecular weight is 1100 g/mol. The molecule has 9 aromatic rings. The molecule has 0 N–H and O–H groups in total. The molecule has 1 aliphatic rings. The largest absolute Gasteiger partial charge is 0 e. The number of hydrogen-bond donors (Lipinski definition) is 0. The smallest absolute Gasteiger partial charge is 0 e. The van der Waals surface area contributed by atoms with Crippen LogP contribution in [0.15, 0.2) is 132 Å². The van der Waals surface area contributed by atoms with Gasteiger partial charge in [-0.1, -0.05) is 81.1 Å². The van der Waals surface area contributed by atoms with E-state index in [1.165, 1.54) is 40.4 Å². The summed E-state index contributed by atoms with van der Waals surface area (Å²) in [7, 11) is 0. The SMILES string of the molecule is CC(C)c1cc(-c2ccccc2)cc(C(C)C)c1-n1c(-c2[c-]ccc3c2oc2ncccc23)nc2ccccc21.[2H]C([2H])([2H])c1c[c-]c(-c2cc(C([2H])([2H])C3CCCCC3)[c]([Ge]([CH3])([CH3])[CH3])cn2)cc1.[Ir]. The number of rotatable bonds is 9. The number of benzene rings is 5. The zero-order valence-electron chi connectivity index (χ0n) is 43.4. The van der Waals surface area contributed by atoms with Gasteiger partial charge in [-0.05, 0) is 70.5 Å². The van der Waals surface area contributed by atoms with E-state index in [2.05, 4.69) is 138 Å². The van der Waals surface area contributed by atoms with Crippen LogP contribution >= 0.6 is 0 Å². The van der Waals surface area contributed by atoms with Gasteiger partial charge in [0.05, 0.1) is 22.4 Å². The van der Waals surface area contributed by atoms with E-state index in [-0.39, 0.29) is 31.6 Å². The zero-order valence-corrected chi connectivity index (χ0v) is 42.9. The molecule has 7 heteroatoms. The number of furan rings is 1. The fourth-order valence-corrected chi connectivity index (χ4v) is 12.1. The summed E-state index contributed by atoms with van der Waals surface area (Å²) >= 11 is -2.35. The van der Waals surface area contributed by atoms with E-state index in [9.17, 15) is 0 Å². The molecule has 333 valence electrons. The van der Waals surface area contributed by atoms with Crippen molar-refractivity contribution in [3.63, 3.8) is 0 Å². The molecule has 0 bridgehead atoms. The number of hydrogen-bond acceptors (Lipinski definition) is 4. The van der Waals surface area contributed by atoms with Crippen molar-refractivity contribution >= 4 is 50.8 Å². The van der Waals surface area contributed by atoms with Gasteiger partial charge in [0.15, 0.2) is 0 Å². The first kappa shape index (κ1) is 40.2. The van der Waals surface area contributed by atoms with Gasteiger partial charge in [-0.2, -0.15) is 0 Å². The van der Waals surface area contributed by atoms with Crippen molar-refractivity contribution in [3.05, 3.63) is 162 Å². The number of para-hydroxylation sites is 2. The molecular formula is C58H60GeIrN4O-2. The van der Waals surface area contributed by atoms with E-state index in [1.54, 1.807) is 18.3 Å². The average Bonchev–Trinajstić information content (AvgIpc) is 3.92. The fraction of sp³-hybridized carbons (Fsp3) is 0.293. The number of fused-ring (bicyclic) bond motifs is 4. The van der Waals surface area contributed by atoms with E-state index in [4.69, 9.17) is 16.3 Å². The Morgan fingerprint density at radius 1 is 0.800 bits per heavy atom. The maximum Gasteiger partial charge on any atom is 0 e. The molecule has 0 spiro atoms. The van der Waals surface area contributed by atoms with E-state index in [1.807, 2.05) is 36.5 Å². The summed E-state index contributed by atoms with van der Waals surface area (Å²) in [4.78, 5) is 14.3. The van der Waals surface area contributed by atoms with Crippen molar-refractivity contribution in [2.45, 2.75) is 102 Å². The van der Waals surface area contributed by atoms with Crippen molar-refractivity contribution in [2.75, 3.05) is 0 Å². The van der Waals surface area contributed by atoms with Gasteiger partial charge in [0, 0.05) is 37.4 Å². The molecule has 10 rings (SSSR count). The molecule has 4 aromatic heterocycles. The summed E-state index contributed by atoms with van der Waals surface area (Å²) in [5.74, 6) is 8.26. The van der Waals surface area contributed by atoms with Gasteiger partial charge in [-0.3, -0.25) is 4.98 Å². The normalized spacial score (nSPS) is 14.9. The van der Waals surface area contributed by atoms with Crippen molar-refractivity contribution in [3.8, 4) is 39.5 Å². The van der Waals surface area contributed by atoms with Crippen LogP contribution in [0, 0.1) is 24.9 Å². The second-order valence-corrected chi connectivity index (χ2v) is 29.4. The van der Waals surface area contributed by atoms with Crippen molar-refractivity contribution < 1.29 is 31.4 Å². The molecule has 0 saturated heterocycles. The molecule has 65 heavy (non-hydrogen) atoms. The summed E-state index contributed by atoms with van der Waals surface area (Å²) in [6, 6.07) is 45.0. The van der Waals surface area contributed by atoms with Crippen molar-refractivity contribution in [1.29, 1.82) is 0 Å². The maximum absolute atomic E-state index is 9.04. The zero-order chi connectivity index (χ0) is 48.8. The molecule has 1 aliphatic carbocycles. The Bertz CT molecular complexity index is 3250. The second kappa shape index (κ2) is 19.8. The molecule has 0 unspecified atom stereocenters. The standard InChI is InChI=1S/C36H30N3O.C22H30GeN.Ir/c1-22(2)29-20-25(24-12-6-5-7-13-24)21-30(23(3)4)33(29)39-32-18-9-8-17-31(32)38-35(39)28-15-10-14-26-27-16-11-19-37-36(27)40-34(26)28;1-17-10-12-19(13-11-17)22-15-20(14-18-8-6-5-7-9-18)21(16-24-22)23(2,3)4;/h5-14,16-23H,1-4H3;10-12,15-16,18H,5-9,14H2,1-4H3;/q2*-1;/i;1D3,14D2;. The molecule has 5 aromatic carbocycles. The summed E-state index contributed by atoms with van der Waals surface area (Å²) in [5, 5.41) is 2.01. The summed E-state index contributed by atoms with van der Waals surface area (Å²) in [6.45, 7) is 6.93. The van der Waals surface area contributed by atoms with E-state index >= 15 is 0 Å². The fourth-order valence-electron chi connectivity index (χ4n) is 9.15. The van der Waals surface area contributed by atoms with Gasteiger partial charge in [-0.25, -0.2) is 4.98 Å². The molecule has 1 saturated carbocycles. The molecule has 0 amide bonds. The van der Waals surface area contributed by atoms with Gasteiger partial charge in [0.2, 0.25) is 5.71 Å². The van der Waals surface area contributed by atoms with E-state index in [0.717, 1.165) is 74.4 Å². The predicted octanol–water partition coefficient (Wildman–Crippen LogP) is 15.2. The van der Waals surface area contributed by atoms with Crippen LogP contribution < -0.4 is 4.40 Å². The Hall–Kier alpha value is -5.14. The maximum atomic E-state index is 9.04. The van der Waals surface area contributed by atoms with Crippen LogP contribution in [-0.4, -0.2) is 32.8 Å². The minimum atomic E-state index is -2.35. The first-order valence-corrected chi connectivity index (χ1v) is 30.2. The molecular weight excluding hydrogens is 1030 g/mol. The Kier molecular flexibility index (Phi) is 12.2. The Morgan fingerprint density at radius 3 is 2.23 bits per heavy atom. The number of pyridine rings is 2. The van der Waals surface area contributed by atoms with E-state index < -0.39 is 26.5 Å². The van der Waals surface area contributed by atoms with E-state index in [0.29, 0.717) is 28.8 Å². The van der Waals surface area contributed by atoms with Gasteiger partial charge < -0.3 is 8.98 Å². The van der Waals surface area contributed by atoms with Gasteiger partial charge in [-0.15, -0.1) is 18.2 Å². The van der Waals surface area contributed by atoms with Crippen molar-refractivity contribution in [2.24, 2.45) is 5.92 Å². The minimum absolute atomic E-state index is 0. The van der Waals surface area contributed by atoms with Crippen LogP contribution in [0.25, 0.3) is 72.6 Å². The topological polar surface area (TPSA) is 56.7 Å². The summed E-state index contributed by atoms with van der Waals surface area (Å²) < 4.78 is 50.5. The van der Waals surface area contributed by atoms with Gasteiger partial charge >= 0.3 is 157 Å². The Morgan fingerprint density at radius 2 is 1.54 bits per heavy atom. The quantitative estimate of drug-likeness (QED) is 0.107. The van der Waals surface area contributed by atoms with Crippen LogP contribution in [0.3, 0.4) is 0 Å². The first-order chi connectivity index (χ1) is 32.9. The summed E-state index contributed by atoms with van der Waals surface area (Å²) in [5.41, 5.74) is 12.8. The third-order valence-electron chi connectivity index (χ3n) is 12.5. The minimum Gasteiger partial charge on any atom is 0 e. The molecule has 5 nitrogen and oxygen atoms in total. The molecule has 0 atom stereocenters. The van der Waals surface area contributed by atoms with Crippen LogP contribution in [0.1, 0.15) is 101 Å². The van der Waals surface area contributed by atoms with Gasteiger partial charge in [0.25, 0.3) is 0 Å². The molecule has 4 heterocycles. The van der Waals surface area contributed by atoms with Crippen LogP contribution in [-0.2, 0) is 26.5 Å². The van der Waals surface area contributed by atoms with Crippen molar-refractivity contribution in [1.82, 2.24) is 19.5 Å². The number of aromatic nitrogens is 4.